The number of nitrogens with one attached hydrogen (secondary N) is 1. The van der Waals surface area contributed by atoms with Crippen LogP contribution in [0, 0.1) is 5.13 Å². The Hall–Kier alpha value is -3.12. The maximum Gasteiger partial charge on any atom is 0.416 e. The Bertz CT molecular complexity index is 1270. The van der Waals surface area contributed by atoms with Crippen LogP contribution in [0.2, 0.25) is 0 Å². The molecule has 0 spiro atoms. The van der Waals surface area contributed by atoms with Crippen LogP contribution in [-0.4, -0.2) is 28.6 Å². The SMILES string of the molecule is COC(=O)c1ccc(OC)c(S(=O)(=O)Nc2cc(C(F)(F)F)ccc2-c2ccc(F)s2)c1. The van der Waals surface area contributed by atoms with Crippen molar-refractivity contribution in [2.45, 2.75) is 11.1 Å². The van der Waals surface area contributed by atoms with Gasteiger partial charge in [0.25, 0.3) is 10.0 Å². The summed E-state index contributed by atoms with van der Waals surface area (Å²) < 4.78 is 91.2. The molecule has 0 aliphatic carbocycles. The van der Waals surface area contributed by atoms with E-state index in [2.05, 4.69) is 9.46 Å². The molecule has 1 aromatic heterocycles. The van der Waals surface area contributed by atoms with Crippen LogP contribution in [0.4, 0.5) is 23.2 Å². The van der Waals surface area contributed by atoms with Crippen molar-refractivity contribution in [1.82, 2.24) is 0 Å². The third-order valence-corrected chi connectivity index (χ3v) is 6.60. The summed E-state index contributed by atoms with van der Waals surface area (Å²) in [5.74, 6) is -0.973. The second kappa shape index (κ2) is 8.79. The third kappa shape index (κ3) is 4.86. The fraction of sp³-hybridized carbons (Fsp3) is 0.150. The van der Waals surface area contributed by atoms with E-state index in [9.17, 15) is 30.8 Å². The number of hydrogen-bond acceptors (Lipinski definition) is 6. The molecule has 2 aromatic carbocycles. The predicted octanol–water partition coefficient (Wildman–Crippen LogP) is 5.17. The molecule has 0 aliphatic heterocycles. The zero-order chi connectivity index (χ0) is 23.7. The molecule has 170 valence electrons. The highest BCUT2D eigenvalue weighted by molar-refractivity contribution is 7.92. The largest absolute Gasteiger partial charge is 0.495 e. The van der Waals surface area contributed by atoms with Gasteiger partial charge in [-0.15, -0.1) is 11.3 Å². The average Bonchev–Trinajstić information content (AvgIpc) is 3.17. The number of rotatable bonds is 6. The lowest BCUT2D eigenvalue weighted by atomic mass is 10.1. The number of alkyl halides is 3. The zero-order valence-electron chi connectivity index (χ0n) is 16.5. The second-order valence-electron chi connectivity index (χ2n) is 6.32. The van der Waals surface area contributed by atoms with Crippen LogP contribution in [0.3, 0.4) is 0 Å². The van der Waals surface area contributed by atoms with Crippen molar-refractivity contribution in [2.24, 2.45) is 0 Å². The Balaban J connectivity index is 2.15. The molecule has 0 saturated carbocycles. The van der Waals surface area contributed by atoms with Crippen molar-refractivity contribution >= 4 is 33.0 Å². The molecule has 3 rings (SSSR count). The first-order valence-corrected chi connectivity index (χ1v) is 11.0. The highest BCUT2D eigenvalue weighted by Gasteiger charge is 2.32. The molecule has 1 N–H and O–H groups in total. The van der Waals surface area contributed by atoms with Gasteiger partial charge in [-0.3, -0.25) is 4.72 Å². The highest BCUT2D eigenvalue weighted by Crippen LogP contribution is 2.39. The number of sulfonamides is 1. The molecule has 6 nitrogen and oxygen atoms in total. The van der Waals surface area contributed by atoms with Crippen LogP contribution in [0.1, 0.15) is 15.9 Å². The van der Waals surface area contributed by atoms with Gasteiger partial charge in [0.2, 0.25) is 0 Å². The molecule has 0 atom stereocenters. The number of ether oxygens (including phenoxy) is 2. The van der Waals surface area contributed by atoms with Gasteiger partial charge in [-0.2, -0.15) is 17.6 Å². The normalized spacial score (nSPS) is 11.8. The number of hydrogen-bond donors (Lipinski definition) is 1. The van der Waals surface area contributed by atoms with E-state index in [-0.39, 0.29) is 21.8 Å². The molecule has 0 radical (unpaired) electrons. The number of esters is 1. The van der Waals surface area contributed by atoms with Crippen LogP contribution in [0.25, 0.3) is 10.4 Å². The van der Waals surface area contributed by atoms with Crippen molar-refractivity contribution in [2.75, 3.05) is 18.9 Å². The van der Waals surface area contributed by atoms with Gasteiger partial charge in [0, 0.05) is 10.4 Å². The summed E-state index contributed by atoms with van der Waals surface area (Å²) in [6.45, 7) is 0. The van der Waals surface area contributed by atoms with E-state index < -0.39 is 43.4 Å². The Kier molecular flexibility index (Phi) is 6.46. The number of halogens is 4. The number of benzene rings is 2. The van der Waals surface area contributed by atoms with Gasteiger partial charge >= 0.3 is 12.1 Å². The average molecular weight is 489 g/mol. The molecular weight excluding hydrogens is 474 g/mol. The lowest BCUT2D eigenvalue weighted by molar-refractivity contribution is -0.137. The summed E-state index contributed by atoms with van der Waals surface area (Å²) in [6, 6.07) is 8.32. The second-order valence-corrected chi connectivity index (χ2v) is 9.01. The summed E-state index contributed by atoms with van der Waals surface area (Å²) in [4.78, 5) is 11.5. The molecule has 0 amide bonds. The molecule has 12 heteroatoms. The van der Waals surface area contributed by atoms with Crippen molar-refractivity contribution in [3.05, 3.63) is 64.8 Å². The lowest BCUT2D eigenvalue weighted by Gasteiger charge is -2.16. The molecular formula is C20H15F4NO5S2. The van der Waals surface area contributed by atoms with Crippen molar-refractivity contribution in [1.29, 1.82) is 0 Å². The topological polar surface area (TPSA) is 81.7 Å². The summed E-state index contributed by atoms with van der Waals surface area (Å²) in [5.41, 5.74) is -1.60. The summed E-state index contributed by atoms with van der Waals surface area (Å²) >= 11 is 0.639. The van der Waals surface area contributed by atoms with E-state index in [1.54, 1.807) is 0 Å². The number of carbonyl (C=O) groups is 1. The summed E-state index contributed by atoms with van der Waals surface area (Å²) in [6.07, 6.45) is -4.75. The molecule has 32 heavy (non-hydrogen) atoms. The van der Waals surface area contributed by atoms with E-state index in [0.29, 0.717) is 17.4 Å². The smallest absolute Gasteiger partial charge is 0.416 e. The minimum Gasteiger partial charge on any atom is -0.495 e. The van der Waals surface area contributed by atoms with Crippen molar-refractivity contribution < 1.29 is 40.2 Å². The molecule has 0 fully saturated rings. The van der Waals surface area contributed by atoms with Gasteiger partial charge in [-0.05, 0) is 42.5 Å². The first-order valence-electron chi connectivity index (χ1n) is 8.72. The first-order chi connectivity index (χ1) is 15.0. The molecule has 0 aliphatic rings. The fourth-order valence-corrected chi connectivity index (χ4v) is 4.85. The van der Waals surface area contributed by atoms with Crippen molar-refractivity contribution in [3.63, 3.8) is 0 Å². The third-order valence-electron chi connectivity index (χ3n) is 4.30. The maximum absolute atomic E-state index is 13.5. The minimum atomic E-state index is -4.75. The lowest BCUT2D eigenvalue weighted by Crippen LogP contribution is -2.16. The molecule has 0 bridgehead atoms. The van der Waals surface area contributed by atoms with Gasteiger partial charge in [-0.1, -0.05) is 6.07 Å². The first kappa shape index (κ1) is 23.5. The van der Waals surface area contributed by atoms with E-state index >= 15 is 0 Å². The van der Waals surface area contributed by atoms with E-state index in [0.717, 1.165) is 31.4 Å². The standard InChI is InChI=1S/C20H15F4NO5S2/c1-29-15-6-3-11(19(26)30-2)9-17(15)32(27,28)25-14-10-12(20(22,23)24)4-5-13(14)16-7-8-18(21)31-16/h3-10,25H,1-2H3. The monoisotopic (exact) mass is 489 g/mol. The van der Waals surface area contributed by atoms with Crippen LogP contribution in [0.5, 0.6) is 5.75 Å². The van der Waals surface area contributed by atoms with Gasteiger partial charge in [0.1, 0.15) is 10.6 Å². The Labute approximate surface area is 184 Å². The van der Waals surface area contributed by atoms with Gasteiger partial charge in [0.15, 0.2) is 5.13 Å². The van der Waals surface area contributed by atoms with E-state index in [1.165, 1.54) is 25.3 Å². The van der Waals surface area contributed by atoms with Crippen molar-refractivity contribution in [3.8, 4) is 16.2 Å². The zero-order valence-corrected chi connectivity index (χ0v) is 18.1. The summed E-state index contributed by atoms with van der Waals surface area (Å²) in [5, 5.41) is -0.596. The number of anilines is 1. The van der Waals surface area contributed by atoms with Crippen LogP contribution < -0.4 is 9.46 Å². The summed E-state index contributed by atoms with van der Waals surface area (Å²) in [7, 11) is -2.25. The van der Waals surface area contributed by atoms with E-state index in [1.807, 2.05) is 0 Å². The molecule has 0 saturated heterocycles. The van der Waals surface area contributed by atoms with Gasteiger partial charge in [0.05, 0.1) is 31.0 Å². The number of thiophene rings is 1. The highest BCUT2D eigenvalue weighted by atomic mass is 32.2. The quantitative estimate of drug-likeness (QED) is 0.382. The van der Waals surface area contributed by atoms with E-state index in [4.69, 9.17) is 4.74 Å². The van der Waals surface area contributed by atoms with Crippen LogP contribution in [0.15, 0.2) is 53.4 Å². The Morgan fingerprint density at radius 2 is 1.75 bits per heavy atom. The maximum atomic E-state index is 13.5. The number of carbonyl (C=O) groups excluding carboxylic acids is 1. The number of methoxy groups -OCH3 is 2. The van der Waals surface area contributed by atoms with Crippen LogP contribution in [-0.2, 0) is 20.9 Å². The fourth-order valence-electron chi connectivity index (χ4n) is 2.81. The molecule has 0 unspecified atom stereocenters. The predicted molar refractivity (Wildman–Crippen MR) is 110 cm³/mol. The molecule has 3 aromatic rings. The van der Waals surface area contributed by atoms with Gasteiger partial charge < -0.3 is 9.47 Å². The van der Waals surface area contributed by atoms with Crippen LogP contribution >= 0.6 is 11.3 Å². The Morgan fingerprint density at radius 1 is 1.03 bits per heavy atom. The van der Waals surface area contributed by atoms with Gasteiger partial charge in [-0.25, -0.2) is 13.2 Å². The minimum absolute atomic E-state index is 0.0403. The molecule has 1 heterocycles. The Morgan fingerprint density at radius 3 is 2.31 bits per heavy atom.